The maximum atomic E-state index is 12.3. The van der Waals surface area contributed by atoms with Crippen LogP contribution < -0.4 is 9.46 Å². The Labute approximate surface area is 131 Å². The summed E-state index contributed by atoms with van der Waals surface area (Å²) in [5.41, 5.74) is 0. The average Bonchev–Trinajstić information content (AvgIpc) is 2.97. The van der Waals surface area contributed by atoms with Crippen molar-refractivity contribution < 1.29 is 13.2 Å². The van der Waals surface area contributed by atoms with E-state index in [1.165, 1.54) is 19.5 Å². The number of H-pyrrole nitrogens is 1. The van der Waals surface area contributed by atoms with Crippen molar-refractivity contribution in [2.45, 2.75) is 17.7 Å². The minimum absolute atomic E-state index is 0.110. The van der Waals surface area contributed by atoms with Crippen molar-refractivity contribution >= 4 is 26.0 Å². The number of hydrogen-bond acceptors (Lipinski definition) is 5. The lowest BCUT2D eigenvalue weighted by Crippen LogP contribution is -2.25. The van der Waals surface area contributed by atoms with Crippen LogP contribution in [0.15, 0.2) is 33.9 Å². The lowest BCUT2D eigenvalue weighted by Gasteiger charge is -2.10. The predicted molar refractivity (Wildman–Crippen MR) is 80.6 cm³/mol. The molecule has 0 bridgehead atoms. The van der Waals surface area contributed by atoms with Gasteiger partial charge in [-0.15, -0.1) is 0 Å². The molecule has 0 aliphatic heterocycles. The highest BCUT2D eigenvalue weighted by Gasteiger charge is 2.19. The number of aromatic amines is 1. The van der Waals surface area contributed by atoms with Gasteiger partial charge in [-0.25, -0.2) is 18.1 Å². The summed E-state index contributed by atoms with van der Waals surface area (Å²) in [6.07, 6.45) is 2.66. The summed E-state index contributed by atoms with van der Waals surface area (Å²) in [6.45, 7) is 0.304. The third kappa shape index (κ3) is 4.26. The van der Waals surface area contributed by atoms with E-state index in [2.05, 4.69) is 35.8 Å². The number of rotatable bonds is 7. The summed E-state index contributed by atoms with van der Waals surface area (Å²) in [4.78, 5) is 4.09. The molecule has 2 rings (SSSR count). The van der Waals surface area contributed by atoms with Crippen molar-refractivity contribution in [1.29, 1.82) is 0 Å². The second-order valence-corrected chi connectivity index (χ2v) is 6.88. The number of aryl methyl sites for hydroxylation is 1. The lowest BCUT2D eigenvalue weighted by atomic mass is 10.3. The monoisotopic (exact) mass is 374 g/mol. The normalized spacial score (nSPS) is 11.5. The van der Waals surface area contributed by atoms with E-state index in [0.717, 1.165) is 5.82 Å². The third-order valence-electron chi connectivity index (χ3n) is 2.76. The quantitative estimate of drug-likeness (QED) is 0.715. The number of nitrogens with one attached hydrogen (secondary N) is 2. The van der Waals surface area contributed by atoms with Crippen LogP contribution in [-0.2, 0) is 16.4 Å². The van der Waals surface area contributed by atoms with Gasteiger partial charge in [0.05, 0.1) is 7.11 Å². The highest BCUT2D eigenvalue weighted by molar-refractivity contribution is 9.10. The molecule has 1 aromatic heterocycles. The number of sulfonamides is 1. The van der Waals surface area contributed by atoms with E-state index < -0.39 is 10.0 Å². The summed E-state index contributed by atoms with van der Waals surface area (Å²) in [6, 6.07) is 4.84. The van der Waals surface area contributed by atoms with Crippen molar-refractivity contribution in [3.63, 3.8) is 0 Å². The predicted octanol–water partition coefficient (Wildman–Crippen LogP) is 1.49. The molecule has 1 heterocycles. The molecule has 21 heavy (non-hydrogen) atoms. The highest BCUT2D eigenvalue weighted by atomic mass is 79.9. The lowest BCUT2D eigenvalue weighted by molar-refractivity contribution is 0.402. The first kappa shape index (κ1) is 15.9. The number of methoxy groups -OCH3 is 1. The van der Waals surface area contributed by atoms with E-state index in [1.54, 1.807) is 12.1 Å². The molecule has 0 unspecified atom stereocenters. The van der Waals surface area contributed by atoms with Gasteiger partial charge in [0.1, 0.15) is 22.8 Å². The largest absolute Gasteiger partial charge is 0.495 e. The van der Waals surface area contributed by atoms with Crippen LogP contribution in [0.4, 0.5) is 0 Å². The van der Waals surface area contributed by atoms with Gasteiger partial charge in [-0.05, 0) is 24.6 Å². The molecule has 0 saturated carbocycles. The smallest absolute Gasteiger partial charge is 0.244 e. The SMILES string of the molecule is COc1ccc(Br)cc1S(=O)(=O)NCCCc1ncn[nH]1. The van der Waals surface area contributed by atoms with Gasteiger partial charge in [-0.2, -0.15) is 5.10 Å². The topological polar surface area (TPSA) is 97.0 Å². The Morgan fingerprint density at radius 1 is 1.43 bits per heavy atom. The fourth-order valence-corrected chi connectivity index (χ4v) is 3.53. The number of aromatic nitrogens is 3. The van der Waals surface area contributed by atoms with E-state index >= 15 is 0 Å². The second kappa shape index (κ2) is 7.01. The number of benzene rings is 1. The Kier molecular flexibility index (Phi) is 5.32. The molecule has 0 radical (unpaired) electrons. The van der Waals surface area contributed by atoms with Gasteiger partial charge in [-0.1, -0.05) is 15.9 Å². The zero-order valence-corrected chi connectivity index (χ0v) is 13.7. The van der Waals surface area contributed by atoms with Crippen molar-refractivity contribution in [2.75, 3.05) is 13.7 Å². The van der Waals surface area contributed by atoms with E-state index in [1.807, 2.05) is 0 Å². The molecule has 114 valence electrons. The zero-order valence-electron chi connectivity index (χ0n) is 11.3. The summed E-state index contributed by atoms with van der Waals surface area (Å²) >= 11 is 3.26. The molecule has 2 aromatic rings. The number of ether oxygens (including phenoxy) is 1. The maximum Gasteiger partial charge on any atom is 0.244 e. The standard InChI is InChI=1S/C12H15BrN4O3S/c1-20-10-5-4-9(13)7-11(10)21(18,19)16-6-2-3-12-14-8-15-17-12/h4-5,7-8,16H,2-3,6H2,1H3,(H,14,15,17). The van der Waals surface area contributed by atoms with Crippen molar-refractivity contribution in [3.8, 4) is 5.75 Å². The van der Waals surface area contributed by atoms with Crippen LogP contribution in [0, 0.1) is 0 Å². The maximum absolute atomic E-state index is 12.3. The first-order valence-electron chi connectivity index (χ1n) is 6.20. The first-order chi connectivity index (χ1) is 10.0. The molecule has 0 amide bonds. The molecule has 0 aliphatic rings. The summed E-state index contributed by atoms with van der Waals surface area (Å²) in [5, 5.41) is 6.46. The molecule has 0 spiro atoms. The molecule has 0 aliphatic carbocycles. The van der Waals surface area contributed by atoms with Crippen LogP contribution in [0.3, 0.4) is 0 Å². The summed E-state index contributed by atoms with van der Waals surface area (Å²) in [7, 11) is -2.18. The van der Waals surface area contributed by atoms with Gasteiger partial charge < -0.3 is 4.74 Å². The number of nitrogens with zero attached hydrogens (tertiary/aromatic N) is 2. The van der Waals surface area contributed by atoms with Crippen molar-refractivity contribution in [1.82, 2.24) is 19.9 Å². The van der Waals surface area contributed by atoms with E-state index in [0.29, 0.717) is 29.6 Å². The molecular weight excluding hydrogens is 360 g/mol. The molecule has 0 saturated heterocycles. The Morgan fingerprint density at radius 3 is 2.90 bits per heavy atom. The van der Waals surface area contributed by atoms with Crippen LogP contribution in [0.25, 0.3) is 0 Å². The Morgan fingerprint density at radius 2 is 2.24 bits per heavy atom. The summed E-state index contributed by atoms with van der Waals surface area (Å²) in [5.74, 6) is 1.04. The molecule has 9 heteroatoms. The molecule has 2 N–H and O–H groups in total. The third-order valence-corrected chi connectivity index (χ3v) is 4.74. The Bertz CT molecular complexity index is 689. The second-order valence-electron chi connectivity index (χ2n) is 4.23. The van der Waals surface area contributed by atoms with E-state index in [4.69, 9.17) is 4.74 Å². The molecule has 0 atom stereocenters. The molecule has 0 fully saturated rings. The van der Waals surface area contributed by atoms with Gasteiger partial charge in [-0.3, -0.25) is 5.10 Å². The minimum atomic E-state index is -3.62. The van der Waals surface area contributed by atoms with Crippen LogP contribution in [0.5, 0.6) is 5.75 Å². The van der Waals surface area contributed by atoms with E-state index in [9.17, 15) is 8.42 Å². The van der Waals surface area contributed by atoms with E-state index in [-0.39, 0.29) is 4.90 Å². The number of hydrogen-bond donors (Lipinski definition) is 2. The Balaban J connectivity index is 1.99. The van der Waals surface area contributed by atoms with Crippen LogP contribution in [-0.4, -0.2) is 37.3 Å². The molecule has 1 aromatic carbocycles. The van der Waals surface area contributed by atoms with Crippen molar-refractivity contribution in [2.24, 2.45) is 0 Å². The van der Waals surface area contributed by atoms with Gasteiger partial charge in [0.2, 0.25) is 10.0 Å². The summed E-state index contributed by atoms with van der Waals surface area (Å²) < 4.78 is 32.9. The minimum Gasteiger partial charge on any atom is -0.495 e. The van der Waals surface area contributed by atoms with Gasteiger partial charge in [0, 0.05) is 17.4 Å². The Hall–Kier alpha value is -1.45. The van der Waals surface area contributed by atoms with Crippen LogP contribution in [0.2, 0.25) is 0 Å². The first-order valence-corrected chi connectivity index (χ1v) is 8.48. The van der Waals surface area contributed by atoms with Crippen molar-refractivity contribution in [3.05, 3.63) is 34.8 Å². The van der Waals surface area contributed by atoms with Gasteiger partial charge >= 0.3 is 0 Å². The van der Waals surface area contributed by atoms with Gasteiger partial charge in [0.15, 0.2) is 0 Å². The fourth-order valence-electron chi connectivity index (χ4n) is 1.75. The molecule has 7 nitrogen and oxygen atoms in total. The van der Waals surface area contributed by atoms with Crippen LogP contribution in [0.1, 0.15) is 12.2 Å². The molecular formula is C12H15BrN4O3S. The zero-order chi connectivity index (χ0) is 15.3. The van der Waals surface area contributed by atoms with Gasteiger partial charge in [0.25, 0.3) is 0 Å². The fraction of sp³-hybridized carbons (Fsp3) is 0.333. The average molecular weight is 375 g/mol. The van der Waals surface area contributed by atoms with Crippen LogP contribution >= 0.6 is 15.9 Å². The highest BCUT2D eigenvalue weighted by Crippen LogP contribution is 2.26. The number of halogens is 1.